The molecule has 0 radical (unpaired) electrons. The molecule has 0 N–H and O–H groups in total. The lowest BCUT2D eigenvalue weighted by molar-refractivity contribution is -0.137. The van der Waals surface area contributed by atoms with E-state index in [9.17, 15) is 31.6 Å². The molecule has 10 rings (SSSR count). The Morgan fingerprint density at radius 3 is 1.21 bits per heavy atom. The Bertz CT molecular complexity index is 3800. The highest BCUT2D eigenvalue weighted by Gasteiger charge is 2.35. The monoisotopic (exact) mass is 854 g/mol. The summed E-state index contributed by atoms with van der Waals surface area (Å²) < 4.78 is 49.2. The van der Waals surface area contributed by atoms with Crippen molar-refractivity contribution in [2.24, 2.45) is 0 Å². The zero-order valence-electron chi connectivity index (χ0n) is 34.1. The van der Waals surface area contributed by atoms with Gasteiger partial charge in [0.1, 0.15) is 11.6 Å². The molecular formula is C55H25F3N8. The SMILES string of the molecule is N#Cc1ccc(-c2ccc3c4ccccc4n(-c4cc(-c5ccc(C#N)cc5C(F)(F)F)cc(-n5c6ccccc6c6ccc(-c7ccc(C#N)cc7C#N)cc65)c4C#N)c3c2)c(C#N)c1. The van der Waals surface area contributed by atoms with Crippen molar-refractivity contribution in [1.82, 2.24) is 9.13 Å². The maximum Gasteiger partial charge on any atom is 0.417 e. The van der Waals surface area contributed by atoms with Crippen molar-refractivity contribution in [1.29, 1.82) is 31.6 Å². The van der Waals surface area contributed by atoms with Gasteiger partial charge in [0.15, 0.2) is 0 Å². The second kappa shape index (κ2) is 15.5. The van der Waals surface area contributed by atoms with Gasteiger partial charge in [-0.05, 0) is 106 Å². The minimum atomic E-state index is -4.88. The minimum Gasteiger partial charge on any atom is -0.308 e. The number of rotatable bonds is 5. The molecule has 66 heavy (non-hydrogen) atoms. The van der Waals surface area contributed by atoms with Crippen LogP contribution in [0.25, 0.3) is 88.4 Å². The fourth-order valence-corrected chi connectivity index (χ4v) is 9.05. The summed E-state index contributed by atoms with van der Waals surface area (Å²) in [5, 5.41) is 63.8. The summed E-state index contributed by atoms with van der Waals surface area (Å²) in [5.41, 5.74) is 5.32. The zero-order valence-corrected chi connectivity index (χ0v) is 34.1. The molecule has 2 aromatic heterocycles. The number of alkyl halides is 3. The Balaban J connectivity index is 1.36. The topological polar surface area (TPSA) is 153 Å². The molecule has 2 heterocycles. The van der Waals surface area contributed by atoms with E-state index in [1.165, 1.54) is 24.3 Å². The summed E-state index contributed by atoms with van der Waals surface area (Å²) in [4.78, 5) is 0. The third-order valence-corrected chi connectivity index (χ3v) is 12.0. The summed E-state index contributed by atoms with van der Waals surface area (Å²) in [6.07, 6.45) is -4.88. The van der Waals surface area contributed by atoms with Crippen LogP contribution in [0.15, 0.2) is 152 Å². The average Bonchev–Trinajstić information content (AvgIpc) is 3.86. The van der Waals surface area contributed by atoms with Crippen LogP contribution in [-0.2, 0) is 6.18 Å². The van der Waals surface area contributed by atoms with Crippen LogP contribution in [0.3, 0.4) is 0 Å². The van der Waals surface area contributed by atoms with Crippen LogP contribution in [-0.4, -0.2) is 9.13 Å². The number of benzene rings is 8. The maximum atomic E-state index is 15.2. The number of nitriles is 6. The molecule has 0 aliphatic carbocycles. The van der Waals surface area contributed by atoms with E-state index in [1.807, 2.05) is 100 Å². The van der Waals surface area contributed by atoms with Gasteiger partial charge in [0.25, 0.3) is 0 Å². The predicted octanol–water partition coefficient (Wildman–Crippen LogP) is 13.1. The first-order valence-corrected chi connectivity index (χ1v) is 20.2. The highest BCUT2D eigenvalue weighted by molar-refractivity contribution is 6.12. The summed E-state index contributed by atoms with van der Waals surface area (Å²) in [6.45, 7) is 0. The van der Waals surface area contributed by atoms with Crippen molar-refractivity contribution >= 4 is 43.6 Å². The Hall–Kier alpha value is -9.91. The van der Waals surface area contributed by atoms with Gasteiger partial charge in [0, 0.05) is 21.5 Å². The second-order valence-electron chi connectivity index (χ2n) is 15.5. The Labute approximate surface area is 374 Å². The van der Waals surface area contributed by atoms with Gasteiger partial charge in [0.2, 0.25) is 0 Å². The highest BCUT2D eigenvalue weighted by atomic mass is 19.4. The maximum absolute atomic E-state index is 15.2. The molecule has 306 valence electrons. The van der Waals surface area contributed by atoms with Crippen LogP contribution in [0.5, 0.6) is 0 Å². The lowest BCUT2D eigenvalue weighted by atomic mass is 9.94. The van der Waals surface area contributed by atoms with Crippen molar-refractivity contribution in [3.63, 3.8) is 0 Å². The van der Waals surface area contributed by atoms with Crippen molar-refractivity contribution < 1.29 is 13.2 Å². The van der Waals surface area contributed by atoms with Gasteiger partial charge >= 0.3 is 6.18 Å². The molecular weight excluding hydrogens is 830 g/mol. The first kappa shape index (κ1) is 40.2. The zero-order chi connectivity index (χ0) is 45.9. The van der Waals surface area contributed by atoms with Gasteiger partial charge in [-0.2, -0.15) is 44.7 Å². The van der Waals surface area contributed by atoms with Gasteiger partial charge in [0.05, 0.1) is 97.2 Å². The lowest BCUT2D eigenvalue weighted by Gasteiger charge is -2.20. The Kier molecular flexibility index (Phi) is 9.41. The summed E-state index contributed by atoms with van der Waals surface area (Å²) in [6, 6.07) is 55.2. The van der Waals surface area contributed by atoms with Crippen LogP contribution in [0, 0.1) is 68.0 Å². The van der Waals surface area contributed by atoms with Crippen molar-refractivity contribution in [2.75, 3.05) is 0 Å². The summed E-state index contributed by atoms with van der Waals surface area (Å²) >= 11 is 0. The normalized spacial score (nSPS) is 11.2. The molecule has 8 aromatic carbocycles. The van der Waals surface area contributed by atoms with Crippen molar-refractivity contribution in [3.8, 4) is 81.2 Å². The lowest BCUT2D eigenvalue weighted by Crippen LogP contribution is -2.09. The number of halogens is 3. The third-order valence-electron chi connectivity index (χ3n) is 12.0. The van der Waals surface area contributed by atoms with E-state index in [1.54, 1.807) is 36.4 Å². The van der Waals surface area contributed by atoms with Crippen LogP contribution < -0.4 is 0 Å². The molecule has 8 nitrogen and oxygen atoms in total. The van der Waals surface area contributed by atoms with E-state index >= 15 is 13.2 Å². The van der Waals surface area contributed by atoms with Crippen molar-refractivity contribution in [2.45, 2.75) is 6.18 Å². The summed E-state index contributed by atoms with van der Waals surface area (Å²) in [7, 11) is 0. The molecule has 0 aliphatic rings. The van der Waals surface area contributed by atoms with Crippen LogP contribution in [0.1, 0.15) is 38.9 Å². The van der Waals surface area contributed by atoms with Gasteiger partial charge < -0.3 is 9.13 Å². The van der Waals surface area contributed by atoms with E-state index in [-0.39, 0.29) is 44.8 Å². The fraction of sp³-hybridized carbons (Fsp3) is 0.0182. The molecule has 0 saturated heterocycles. The number of nitrogens with zero attached hydrogens (tertiary/aromatic N) is 8. The molecule has 0 unspecified atom stereocenters. The molecule has 0 atom stereocenters. The first-order valence-electron chi connectivity index (χ1n) is 20.2. The number of hydrogen-bond acceptors (Lipinski definition) is 6. The first-order chi connectivity index (χ1) is 32.1. The summed E-state index contributed by atoms with van der Waals surface area (Å²) in [5.74, 6) is 0. The fourth-order valence-electron chi connectivity index (χ4n) is 9.05. The minimum absolute atomic E-state index is 0.109. The van der Waals surface area contributed by atoms with Crippen LogP contribution >= 0.6 is 0 Å². The predicted molar refractivity (Wildman–Crippen MR) is 245 cm³/mol. The second-order valence-corrected chi connectivity index (χ2v) is 15.5. The smallest absolute Gasteiger partial charge is 0.308 e. The van der Waals surface area contributed by atoms with Gasteiger partial charge in [-0.25, -0.2) is 0 Å². The van der Waals surface area contributed by atoms with E-state index < -0.39 is 11.7 Å². The van der Waals surface area contributed by atoms with E-state index in [0.717, 1.165) is 27.6 Å². The Morgan fingerprint density at radius 2 is 0.788 bits per heavy atom. The molecule has 0 bridgehead atoms. The molecule has 0 spiro atoms. The molecule has 0 aliphatic heterocycles. The van der Waals surface area contributed by atoms with Gasteiger partial charge in [-0.1, -0.05) is 78.9 Å². The largest absolute Gasteiger partial charge is 0.417 e. The van der Waals surface area contributed by atoms with Crippen LogP contribution in [0.2, 0.25) is 0 Å². The molecule has 11 heteroatoms. The van der Waals surface area contributed by atoms with E-state index in [2.05, 4.69) is 30.3 Å². The van der Waals surface area contributed by atoms with Crippen LogP contribution in [0.4, 0.5) is 13.2 Å². The van der Waals surface area contributed by atoms with Gasteiger partial charge in [-0.15, -0.1) is 0 Å². The molecule has 10 aromatic rings. The molecule has 0 fully saturated rings. The molecule has 0 saturated carbocycles. The van der Waals surface area contributed by atoms with E-state index in [4.69, 9.17) is 0 Å². The number of fused-ring (bicyclic) bond motifs is 6. The third kappa shape index (κ3) is 6.34. The van der Waals surface area contributed by atoms with Gasteiger partial charge in [-0.3, -0.25) is 0 Å². The Morgan fingerprint density at radius 1 is 0.364 bits per heavy atom. The quantitative estimate of drug-likeness (QED) is 0.168. The molecule has 0 amide bonds. The number of aromatic nitrogens is 2. The highest BCUT2D eigenvalue weighted by Crippen LogP contribution is 2.44. The number of para-hydroxylation sites is 2. The standard InChI is InChI=1S/C55H25F3N8/c56-55(57,58)48-21-34(28-61)11-16-42(48)37-24-53(65-49-7-3-1-5-43(49)45-17-12-35(22-51(45)65)40-14-9-32(26-59)19-38(40)29-62)47(31-64)54(25-37)66-50-8-4-2-6-44(50)46-18-13-36(23-52(46)66)41-15-10-33(27-60)20-39(41)30-63/h1-25H. The van der Waals surface area contributed by atoms with Crippen molar-refractivity contribution in [3.05, 3.63) is 191 Å². The average molecular weight is 855 g/mol. The number of hydrogen-bond donors (Lipinski definition) is 0. The van der Waals surface area contributed by atoms with E-state index in [0.29, 0.717) is 55.4 Å².